The molecule has 1 aliphatic carbocycles. The minimum atomic E-state index is -0.426. The minimum absolute atomic E-state index is 0.395. The summed E-state index contributed by atoms with van der Waals surface area (Å²) in [6.07, 6.45) is 5.33. The molecule has 0 saturated carbocycles. The first-order chi connectivity index (χ1) is 5.83. The van der Waals surface area contributed by atoms with E-state index in [-0.39, 0.29) is 0 Å². The van der Waals surface area contributed by atoms with Crippen molar-refractivity contribution in [2.75, 3.05) is 6.61 Å². The van der Waals surface area contributed by atoms with Crippen molar-refractivity contribution in [1.82, 2.24) is 0 Å². The third-order valence-electron chi connectivity index (χ3n) is 1.64. The molecular formula is C10H12O2. The molecule has 64 valence electrons. The summed E-state index contributed by atoms with van der Waals surface area (Å²) >= 11 is 0. The predicted molar refractivity (Wildman–Crippen MR) is 46.3 cm³/mol. The third kappa shape index (κ3) is 2.79. The zero-order valence-electron chi connectivity index (χ0n) is 7.22. The van der Waals surface area contributed by atoms with Gasteiger partial charge in [0.05, 0.1) is 6.61 Å². The van der Waals surface area contributed by atoms with Crippen LogP contribution in [0.15, 0.2) is 11.6 Å². The van der Waals surface area contributed by atoms with Gasteiger partial charge in [-0.3, -0.25) is 0 Å². The fourth-order valence-electron chi connectivity index (χ4n) is 1.08. The van der Waals surface area contributed by atoms with Crippen LogP contribution in [0.2, 0.25) is 0 Å². The number of ether oxygens (including phenoxy) is 1. The van der Waals surface area contributed by atoms with Crippen molar-refractivity contribution in [1.29, 1.82) is 0 Å². The Kier molecular flexibility index (Phi) is 3.40. The largest absolute Gasteiger partial charge is 0.456 e. The van der Waals surface area contributed by atoms with E-state index in [2.05, 4.69) is 22.7 Å². The number of hydrogen-bond acceptors (Lipinski definition) is 2. The van der Waals surface area contributed by atoms with Crippen LogP contribution in [-0.2, 0) is 9.53 Å². The Morgan fingerprint density at radius 3 is 3.17 bits per heavy atom. The maximum atomic E-state index is 10.8. The molecule has 0 N–H and O–H groups in total. The summed E-state index contributed by atoms with van der Waals surface area (Å²) in [7, 11) is 0. The van der Waals surface area contributed by atoms with Gasteiger partial charge in [-0.05, 0) is 31.8 Å². The van der Waals surface area contributed by atoms with E-state index in [1.807, 2.05) is 0 Å². The molecule has 0 aromatic rings. The number of rotatable bonds is 1. The van der Waals surface area contributed by atoms with Crippen LogP contribution in [0, 0.1) is 11.8 Å². The molecule has 0 aliphatic heterocycles. The van der Waals surface area contributed by atoms with Crippen LogP contribution in [0.25, 0.3) is 0 Å². The minimum Gasteiger partial charge on any atom is -0.456 e. The first-order valence-corrected chi connectivity index (χ1v) is 4.20. The fourth-order valence-corrected chi connectivity index (χ4v) is 1.08. The lowest BCUT2D eigenvalue weighted by molar-refractivity contribution is -0.136. The van der Waals surface area contributed by atoms with Gasteiger partial charge in [-0.2, -0.15) is 0 Å². The van der Waals surface area contributed by atoms with Crippen LogP contribution < -0.4 is 0 Å². The van der Waals surface area contributed by atoms with Crippen molar-refractivity contribution >= 4 is 5.97 Å². The van der Waals surface area contributed by atoms with Crippen molar-refractivity contribution in [3.05, 3.63) is 11.6 Å². The molecule has 0 radical (unpaired) electrons. The smallest absolute Gasteiger partial charge is 0.384 e. The molecule has 0 atom stereocenters. The number of allylic oxidation sites excluding steroid dienone is 2. The molecule has 0 saturated heterocycles. The molecule has 0 heterocycles. The molecule has 0 fully saturated rings. The van der Waals surface area contributed by atoms with Crippen molar-refractivity contribution in [3.63, 3.8) is 0 Å². The topological polar surface area (TPSA) is 26.3 Å². The molecule has 0 aromatic heterocycles. The first-order valence-electron chi connectivity index (χ1n) is 4.20. The second kappa shape index (κ2) is 4.61. The van der Waals surface area contributed by atoms with Crippen LogP contribution in [-0.4, -0.2) is 12.6 Å². The predicted octanol–water partition coefficient (Wildman–Crippen LogP) is 1.66. The monoisotopic (exact) mass is 164 g/mol. The van der Waals surface area contributed by atoms with Gasteiger partial charge in [0.2, 0.25) is 0 Å². The SMILES string of the molecule is CCOC(=O)C#CC1=CCCC1. The van der Waals surface area contributed by atoms with Gasteiger partial charge in [0, 0.05) is 5.92 Å². The van der Waals surface area contributed by atoms with E-state index in [4.69, 9.17) is 0 Å². The highest BCUT2D eigenvalue weighted by molar-refractivity contribution is 5.89. The van der Waals surface area contributed by atoms with Crippen LogP contribution in [0.4, 0.5) is 0 Å². The lowest BCUT2D eigenvalue weighted by Gasteiger charge is -1.90. The molecule has 2 nitrogen and oxygen atoms in total. The molecule has 2 heteroatoms. The van der Waals surface area contributed by atoms with E-state index in [9.17, 15) is 4.79 Å². The van der Waals surface area contributed by atoms with Gasteiger partial charge in [-0.25, -0.2) is 4.79 Å². The molecule has 0 spiro atoms. The summed E-state index contributed by atoms with van der Waals surface area (Å²) in [6.45, 7) is 2.17. The van der Waals surface area contributed by atoms with Crippen LogP contribution in [0.5, 0.6) is 0 Å². The Labute approximate surface area is 72.6 Å². The summed E-state index contributed by atoms with van der Waals surface area (Å²) < 4.78 is 4.66. The lowest BCUT2D eigenvalue weighted by Crippen LogP contribution is -1.99. The normalized spacial score (nSPS) is 14.6. The highest BCUT2D eigenvalue weighted by Crippen LogP contribution is 2.15. The van der Waals surface area contributed by atoms with Crippen molar-refractivity contribution in [3.8, 4) is 11.8 Å². The Morgan fingerprint density at radius 1 is 1.75 bits per heavy atom. The lowest BCUT2D eigenvalue weighted by atomic mass is 10.2. The Balaban J connectivity index is 2.41. The summed E-state index contributed by atoms with van der Waals surface area (Å²) in [4.78, 5) is 10.8. The van der Waals surface area contributed by atoms with Gasteiger partial charge < -0.3 is 4.74 Å². The summed E-state index contributed by atoms with van der Waals surface area (Å²) in [5.41, 5.74) is 1.07. The van der Waals surface area contributed by atoms with E-state index in [0.29, 0.717) is 6.61 Å². The van der Waals surface area contributed by atoms with E-state index in [1.165, 1.54) is 0 Å². The number of carbonyl (C=O) groups is 1. The fraction of sp³-hybridized carbons (Fsp3) is 0.500. The van der Waals surface area contributed by atoms with Gasteiger partial charge in [-0.1, -0.05) is 12.0 Å². The Hall–Kier alpha value is -1.23. The average Bonchev–Trinajstić information content (AvgIpc) is 2.53. The van der Waals surface area contributed by atoms with Crippen LogP contribution in [0.1, 0.15) is 26.2 Å². The van der Waals surface area contributed by atoms with Gasteiger partial charge in [0.1, 0.15) is 0 Å². The van der Waals surface area contributed by atoms with E-state index in [0.717, 1.165) is 24.8 Å². The molecule has 1 aliphatic rings. The number of hydrogen-bond donors (Lipinski definition) is 0. The highest BCUT2D eigenvalue weighted by Gasteiger charge is 2.00. The van der Waals surface area contributed by atoms with Gasteiger partial charge in [-0.15, -0.1) is 0 Å². The summed E-state index contributed by atoms with van der Waals surface area (Å²) in [6, 6.07) is 0. The zero-order valence-corrected chi connectivity index (χ0v) is 7.22. The quantitative estimate of drug-likeness (QED) is 0.335. The van der Waals surface area contributed by atoms with Crippen LogP contribution >= 0.6 is 0 Å². The maximum absolute atomic E-state index is 10.8. The van der Waals surface area contributed by atoms with E-state index < -0.39 is 5.97 Å². The van der Waals surface area contributed by atoms with E-state index >= 15 is 0 Å². The van der Waals surface area contributed by atoms with Gasteiger partial charge in [0.15, 0.2) is 0 Å². The van der Waals surface area contributed by atoms with Crippen molar-refractivity contribution < 1.29 is 9.53 Å². The molecule has 0 unspecified atom stereocenters. The van der Waals surface area contributed by atoms with E-state index in [1.54, 1.807) is 6.92 Å². The molecule has 0 amide bonds. The molecule has 12 heavy (non-hydrogen) atoms. The average molecular weight is 164 g/mol. The van der Waals surface area contributed by atoms with Gasteiger partial charge >= 0.3 is 5.97 Å². The Bertz CT molecular complexity index is 253. The molecule has 0 bridgehead atoms. The highest BCUT2D eigenvalue weighted by atomic mass is 16.5. The zero-order chi connectivity index (χ0) is 8.81. The second-order valence-corrected chi connectivity index (χ2v) is 2.59. The summed E-state index contributed by atoms with van der Waals surface area (Å²) in [5, 5.41) is 0. The number of esters is 1. The maximum Gasteiger partial charge on any atom is 0.384 e. The third-order valence-corrected chi connectivity index (χ3v) is 1.64. The second-order valence-electron chi connectivity index (χ2n) is 2.59. The molecular weight excluding hydrogens is 152 g/mol. The number of carbonyl (C=O) groups excluding carboxylic acids is 1. The van der Waals surface area contributed by atoms with Crippen molar-refractivity contribution in [2.24, 2.45) is 0 Å². The van der Waals surface area contributed by atoms with Gasteiger partial charge in [0.25, 0.3) is 0 Å². The standard InChI is InChI=1S/C10H12O2/c1-2-12-10(11)8-7-9-5-3-4-6-9/h5H,2-4,6H2,1H3. The first kappa shape index (κ1) is 8.86. The Morgan fingerprint density at radius 2 is 2.58 bits per heavy atom. The molecule has 0 aromatic carbocycles. The van der Waals surface area contributed by atoms with Crippen molar-refractivity contribution in [2.45, 2.75) is 26.2 Å². The van der Waals surface area contributed by atoms with Crippen LogP contribution in [0.3, 0.4) is 0 Å². The summed E-state index contributed by atoms with van der Waals surface area (Å²) in [5.74, 6) is 4.82. The molecule has 1 rings (SSSR count).